The Balaban J connectivity index is 1.92. The minimum Gasteiger partial charge on any atom is -0.497 e. The molecule has 1 aliphatic carbocycles. The summed E-state index contributed by atoms with van der Waals surface area (Å²) < 4.78 is 15.8. The van der Waals surface area contributed by atoms with Gasteiger partial charge in [-0.25, -0.2) is 0 Å². The van der Waals surface area contributed by atoms with Crippen LogP contribution in [0.15, 0.2) is 22.7 Å². The molecular weight excluding hydrogens is 258 g/mol. The van der Waals surface area contributed by atoms with Gasteiger partial charge in [-0.15, -0.1) is 0 Å². The SMILES string of the molecule is COc1ccc(-c2nc(C(N)C3CC3)no2)c(OC)c1. The van der Waals surface area contributed by atoms with Crippen LogP contribution in [0.1, 0.15) is 24.7 Å². The molecule has 6 nitrogen and oxygen atoms in total. The Morgan fingerprint density at radius 1 is 1.30 bits per heavy atom. The average molecular weight is 275 g/mol. The van der Waals surface area contributed by atoms with E-state index in [1.54, 1.807) is 20.3 Å². The van der Waals surface area contributed by atoms with Crippen molar-refractivity contribution in [2.24, 2.45) is 11.7 Å². The van der Waals surface area contributed by atoms with Gasteiger partial charge in [0.1, 0.15) is 11.5 Å². The van der Waals surface area contributed by atoms with E-state index < -0.39 is 0 Å². The van der Waals surface area contributed by atoms with Crippen LogP contribution < -0.4 is 15.2 Å². The van der Waals surface area contributed by atoms with Gasteiger partial charge < -0.3 is 19.7 Å². The minimum atomic E-state index is -0.142. The van der Waals surface area contributed by atoms with Crippen LogP contribution in [-0.2, 0) is 0 Å². The van der Waals surface area contributed by atoms with Crippen molar-refractivity contribution in [1.29, 1.82) is 0 Å². The molecule has 1 aliphatic rings. The summed E-state index contributed by atoms with van der Waals surface area (Å²) in [6.45, 7) is 0. The van der Waals surface area contributed by atoms with Crippen molar-refractivity contribution in [1.82, 2.24) is 10.1 Å². The molecule has 1 heterocycles. The molecule has 1 saturated carbocycles. The molecule has 6 heteroatoms. The largest absolute Gasteiger partial charge is 0.497 e. The lowest BCUT2D eigenvalue weighted by Gasteiger charge is -2.07. The highest BCUT2D eigenvalue weighted by Gasteiger charge is 2.32. The average Bonchev–Trinajstić information content (AvgIpc) is 3.23. The summed E-state index contributed by atoms with van der Waals surface area (Å²) >= 11 is 0. The Bertz CT molecular complexity index is 607. The first kappa shape index (κ1) is 12.9. The van der Waals surface area contributed by atoms with Gasteiger partial charge in [0.25, 0.3) is 5.89 Å². The van der Waals surface area contributed by atoms with Gasteiger partial charge in [0.2, 0.25) is 0 Å². The number of benzene rings is 1. The molecular formula is C14H17N3O3. The van der Waals surface area contributed by atoms with Crippen LogP contribution in [0, 0.1) is 5.92 Å². The van der Waals surface area contributed by atoms with Gasteiger partial charge in [-0.3, -0.25) is 0 Å². The molecule has 0 spiro atoms. The second kappa shape index (κ2) is 5.13. The highest BCUT2D eigenvalue weighted by molar-refractivity contribution is 5.64. The normalized spacial score (nSPS) is 15.9. The highest BCUT2D eigenvalue weighted by Crippen LogP contribution is 2.39. The molecule has 0 radical (unpaired) electrons. The quantitative estimate of drug-likeness (QED) is 0.900. The van der Waals surface area contributed by atoms with E-state index in [-0.39, 0.29) is 6.04 Å². The topological polar surface area (TPSA) is 83.4 Å². The first-order chi connectivity index (χ1) is 9.72. The molecule has 20 heavy (non-hydrogen) atoms. The summed E-state index contributed by atoms with van der Waals surface area (Å²) in [6, 6.07) is 5.29. The van der Waals surface area contributed by atoms with Crippen molar-refractivity contribution < 1.29 is 14.0 Å². The lowest BCUT2D eigenvalue weighted by molar-refractivity contribution is 0.388. The zero-order valence-electron chi connectivity index (χ0n) is 11.5. The molecule has 1 aromatic carbocycles. The molecule has 2 N–H and O–H groups in total. The molecule has 1 unspecified atom stereocenters. The predicted molar refractivity (Wildman–Crippen MR) is 72.5 cm³/mol. The van der Waals surface area contributed by atoms with Gasteiger partial charge in [0.05, 0.1) is 25.8 Å². The summed E-state index contributed by atoms with van der Waals surface area (Å²) in [5.74, 6) is 2.79. The van der Waals surface area contributed by atoms with Crippen molar-refractivity contribution in [2.75, 3.05) is 14.2 Å². The van der Waals surface area contributed by atoms with Gasteiger partial charge in [-0.1, -0.05) is 5.16 Å². The number of methoxy groups -OCH3 is 2. The van der Waals surface area contributed by atoms with E-state index in [1.165, 1.54) is 0 Å². The Morgan fingerprint density at radius 3 is 2.75 bits per heavy atom. The monoisotopic (exact) mass is 275 g/mol. The van der Waals surface area contributed by atoms with Crippen LogP contribution in [0.5, 0.6) is 11.5 Å². The molecule has 0 saturated heterocycles. The van der Waals surface area contributed by atoms with Gasteiger partial charge in [0.15, 0.2) is 5.82 Å². The lowest BCUT2D eigenvalue weighted by atomic mass is 10.1. The first-order valence-corrected chi connectivity index (χ1v) is 6.54. The maximum absolute atomic E-state index is 6.07. The van der Waals surface area contributed by atoms with Crippen molar-refractivity contribution in [3.8, 4) is 23.0 Å². The van der Waals surface area contributed by atoms with E-state index >= 15 is 0 Å². The summed E-state index contributed by atoms with van der Waals surface area (Å²) in [7, 11) is 3.19. The maximum Gasteiger partial charge on any atom is 0.261 e. The number of nitrogens with zero attached hydrogens (tertiary/aromatic N) is 2. The highest BCUT2D eigenvalue weighted by atomic mass is 16.5. The third-order valence-corrected chi connectivity index (χ3v) is 3.51. The van der Waals surface area contributed by atoms with Crippen molar-refractivity contribution in [3.05, 3.63) is 24.0 Å². The summed E-state index contributed by atoms with van der Waals surface area (Å²) in [6.07, 6.45) is 2.27. The lowest BCUT2D eigenvalue weighted by Crippen LogP contribution is -2.13. The number of rotatable bonds is 5. The molecule has 0 aliphatic heterocycles. The van der Waals surface area contributed by atoms with Crippen LogP contribution in [0.3, 0.4) is 0 Å². The molecule has 1 fully saturated rings. The maximum atomic E-state index is 6.07. The van der Waals surface area contributed by atoms with Crippen LogP contribution in [0.2, 0.25) is 0 Å². The van der Waals surface area contributed by atoms with Crippen molar-refractivity contribution in [2.45, 2.75) is 18.9 Å². The molecule has 3 rings (SSSR count). The third kappa shape index (κ3) is 2.34. The van der Waals surface area contributed by atoms with Gasteiger partial charge in [-0.2, -0.15) is 4.98 Å². The molecule has 0 amide bonds. The zero-order valence-corrected chi connectivity index (χ0v) is 11.5. The molecule has 0 bridgehead atoms. The van der Waals surface area contributed by atoms with Crippen LogP contribution >= 0.6 is 0 Å². The number of hydrogen-bond donors (Lipinski definition) is 1. The number of nitrogens with two attached hydrogens (primary N) is 1. The Hall–Kier alpha value is -2.08. The summed E-state index contributed by atoms with van der Waals surface area (Å²) in [5.41, 5.74) is 6.80. The van der Waals surface area contributed by atoms with E-state index in [4.69, 9.17) is 19.7 Å². The standard InChI is InChI=1S/C14H17N3O3/c1-18-9-5-6-10(11(7-9)19-2)14-16-13(17-20-14)12(15)8-3-4-8/h5-8,12H,3-4,15H2,1-2H3. The van der Waals surface area contributed by atoms with E-state index in [9.17, 15) is 0 Å². The van der Waals surface area contributed by atoms with Crippen LogP contribution in [0.4, 0.5) is 0 Å². The summed E-state index contributed by atoms with van der Waals surface area (Å²) in [4.78, 5) is 4.38. The fraction of sp³-hybridized carbons (Fsp3) is 0.429. The van der Waals surface area contributed by atoms with Crippen LogP contribution in [0.25, 0.3) is 11.5 Å². The van der Waals surface area contributed by atoms with E-state index in [0.29, 0.717) is 29.1 Å². The number of hydrogen-bond acceptors (Lipinski definition) is 6. The summed E-state index contributed by atoms with van der Waals surface area (Å²) in [5, 5.41) is 3.97. The van der Waals surface area contributed by atoms with Gasteiger partial charge >= 0.3 is 0 Å². The fourth-order valence-corrected chi connectivity index (χ4v) is 2.12. The zero-order chi connectivity index (χ0) is 14.1. The van der Waals surface area contributed by atoms with E-state index in [0.717, 1.165) is 18.4 Å². The Labute approximate surface area is 116 Å². The molecule has 106 valence electrons. The van der Waals surface area contributed by atoms with Gasteiger partial charge in [0, 0.05) is 6.07 Å². The third-order valence-electron chi connectivity index (χ3n) is 3.51. The predicted octanol–water partition coefficient (Wildman–Crippen LogP) is 2.16. The Kier molecular flexibility index (Phi) is 3.31. The number of ether oxygens (including phenoxy) is 2. The number of aromatic nitrogens is 2. The molecule has 2 aromatic rings. The Morgan fingerprint density at radius 2 is 2.10 bits per heavy atom. The second-order valence-corrected chi connectivity index (χ2v) is 4.89. The minimum absolute atomic E-state index is 0.142. The molecule has 1 aromatic heterocycles. The second-order valence-electron chi connectivity index (χ2n) is 4.89. The first-order valence-electron chi connectivity index (χ1n) is 6.54. The van der Waals surface area contributed by atoms with E-state index in [1.807, 2.05) is 12.1 Å². The smallest absolute Gasteiger partial charge is 0.261 e. The fourth-order valence-electron chi connectivity index (χ4n) is 2.12. The van der Waals surface area contributed by atoms with E-state index in [2.05, 4.69) is 10.1 Å². The van der Waals surface area contributed by atoms with Gasteiger partial charge in [-0.05, 0) is 30.9 Å². The van der Waals surface area contributed by atoms with Crippen molar-refractivity contribution in [3.63, 3.8) is 0 Å². The van der Waals surface area contributed by atoms with Crippen molar-refractivity contribution >= 4 is 0 Å². The molecule has 1 atom stereocenters. The van der Waals surface area contributed by atoms with Crippen LogP contribution in [-0.4, -0.2) is 24.4 Å².